The number of carbonyl (C=O) groups excluding carboxylic acids is 1. The van der Waals surface area contributed by atoms with Gasteiger partial charge in [-0.3, -0.25) is 4.79 Å². The molecule has 4 N–H and O–H groups in total. The predicted octanol–water partition coefficient (Wildman–Crippen LogP) is 2.23. The molecule has 0 aliphatic carbocycles. The van der Waals surface area contributed by atoms with E-state index in [4.69, 9.17) is 10.9 Å². The van der Waals surface area contributed by atoms with E-state index in [-0.39, 0.29) is 17.8 Å². The number of nitrogens with one attached hydrogen (secondary N) is 1. The van der Waals surface area contributed by atoms with Gasteiger partial charge in [0.25, 0.3) is 0 Å². The maximum absolute atomic E-state index is 12.2. The summed E-state index contributed by atoms with van der Waals surface area (Å²) in [6, 6.07) is 0.112. The molecule has 0 fully saturated rings. The molecule has 106 valence electrons. The Morgan fingerprint density at radius 1 is 1.44 bits per heavy atom. The molecule has 1 amide bonds. The smallest absolute Gasteiger partial charge is 0.233 e. The molecule has 0 aromatic heterocycles. The topological polar surface area (TPSA) is 87.7 Å². The molecule has 2 atom stereocenters. The highest BCUT2D eigenvalue weighted by Gasteiger charge is 2.36. The molecule has 0 aliphatic heterocycles. The third kappa shape index (κ3) is 4.55. The third-order valence-corrected chi connectivity index (χ3v) is 3.50. The normalized spacial score (nSPS) is 17.0. The summed E-state index contributed by atoms with van der Waals surface area (Å²) < 4.78 is 0. The lowest BCUT2D eigenvalue weighted by Gasteiger charge is -2.27. The molecule has 5 nitrogen and oxygen atoms in total. The molecule has 0 aromatic carbocycles. The van der Waals surface area contributed by atoms with Crippen LogP contribution in [0.25, 0.3) is 0 Å². The number of hydrogen-bond donors (Lipinski definition) is 3. The van der Waals surface area contributed by atoms with Crippen molar-refractivity contribution in [3.63, 3.8) is 0 Å². The van der Waals surface area contributed by atoms with Crippen molar-refractivity contribution < 1.29 is 10.0 Å². The maximum atomic E-state index is 12.2. The van der Waals surface area contributed by atoms with Gasteiger partial charge in [0, 0.05) is 6.04 Å². The second-order valence-electron chi connectivity index (χ2n) is 5.04. The lowest BCUT2D eigenvalue weighted by molar-refractivity contribution is -0.127. The van der Waals surface area contributed by atoms with Gasteiger partial charge in [0.05, 0.1) is 0 Å². The van der Waals surface area contributed by atoms with E-state index in [1.54, 1.807) is 6.92 Å². The van der Waals surface area contributed by atoms with Crippen LogP contribution in [0.1, 0.15) is 59.8 Å². The van der Waals surface area contributed by atoms with Crippen LogP contribution >= 0.6 is 0 Å². The molecular formula is C13H27N3O2. The molecule has 0 aromatic rings. The highest BCUT2D eigenvalue weighted by atomic mass is 16.4. The number of rotatable bonds is 8. The second kappa shape index (κ2) is 7.95. The van der Waals surface area contributed by atoms with Crippen LogP contribution in [0.3, 0.4) is 0 Å². The third-order valence-electron chi connectivity index (χ3n) is 3.50. The van der Waals surface area contributed by atoms with E-state index in [9.17, 15) is 4.79 Å². The molecule has 5 heteroatoms. The molecule has 0 radical (unpaired) electrons. The summed E-state index contributed by atoms with van der Waals surface area (Å²) in [7, 11) is 0. The van der Waals surface area contributed by atoms with Crippen LogP contribution in [0.2, 0.25) is 0 Å². The van der Waals surface area contributed by atoms with Gasteiger partial charge >= 0.3 is 0 Å². The van der Waals surface area contributed by atoms with Crippen molar-refractivity contribution >= 4 is 11.7 Å². The molecule has 2 unspecified atom stereocenters. The van der Waals surface area contributed by atoms with Gasteiger partial charge in [-0.25, -0.2) is 0 Å². The summed E-state index contributed by atoms with van der Waals surface area (Å²) in [5.41, 5.74) is 4.66. The van der Waals surface area contributed by atoms with Crippen molar-refractivity contribution in [2.75, 3.05) is 0 Å². The Balaban J connectivity index is 4.45. The Hall–Kier alpha value is -1.26. The Labute approximate surface area is 110 Å². The van der Waals surface area contributed by atoms with Crippen molar-refractivity contribution in [3.8, 4) is 0 Å². The molecule has 0 bridgehead atoms. The van der Waals surface area contributed by atoms with Crippen molar-refractivity contribution in [1.82, 2.24) is 5.32 Å². The largest absolute Gasteiger partial charge is 0.409 e. The summed E-state index contributed by atoms with van der Waals surface area (Å²) in [5, 5.41) is 14.6. The van der Waals surface area contributed by atoms with Gasteiger partial charge in [-0.2, -0.15) is 0 Å². The number of amidine groups is 1. The average molecular weight is 257 g/mol. The van der Waals surface area contributed by atoms with Gasteiger partial charge in [-0.1, -0.05) is 38.3 Å². The number of nitrogens with two attached hydrogens (primary N) is 1. The van der Waals surface area contributed by atoms with E-state index in [1.165, 1.54) is 6.42 Å². The number of oxime groups is 1. The molecule has 0 aliphatic rings. The minimum atomic E-state index is -0.937. The molecule has 0 spiro atoms. The molecule has 0 rings (SSSR count). The van der Waals surface area contributed by atoms with E-state index < -0.39 is 5.41 Å². The fourth-order valence-electron chi connectivity index (χ4n) is 1.72. The summed E-state index contributed by atoms with van der Waals surface area (Å²) in [6.07, 6.45) is 4.89. The van der Waals surface area contributed by atoms with E-state index in [0.29, 0.717) is 6.42 Å². The zero-order chi connectivity index (χ0) is 14.2. The van der Waals surface area contributed by atoms with Crippen LogP contribution < -0.4 is 11.1 Å². The quantitative estimate of drug-likeness (QED) is 0.205. The van der Waals surface area contributed by atoms with E-state index in [0.717, 1.165) is 19.3 Å². The number of amides is 1. The summed E-state index contributed by atoms with van der Waals surface area (Å²) in [4.78, 5) is 12.2. The van der Waals surface area contributed by atoms with Gasteiger partial charge in [0.15, 0.2) is 5.84 Å². The van der Waals surface area contributed by atoms with Crippen molar-refractivity contribution in [3.05, 3.63) is 0 Å². The Morgan fingerprint density at radius 3 is 2.50 bits per heavy atom. The van der Waals surface area contributed by atoms with Crippen LogP contribution in [0, 0.1) is 5.41 Å². The monoisotopic (exact) mass is 257 g/mol. The number of carbonyl (C=O) groups is 1. The number of nitrogens with zero attached hydrogens (tertiary/aromatic N) is 1. The van der Waals surface area contributed by atoms with Gasteiger partial charge < -0.3 is 16.3 Å². The highest BCUT2D eigenvalue weighted by Crippen LogP contribution is 2.22. The SMILES string of the molecule is CCCCCC(C)NC(=O)C(C)(CC)C(N)=NO. The first-order valence-corrected chi connectivity index (χ1v) is 6.71. The van der Waals surface area contributed by atoms with Crippen LogP contribution in [0.15, 0.2) is 5.16 Å². The highest BCUT2D eigenvalue weighted by molar-refractivity contribution is 6.06. The van der Waals surface area contributed by atoms with E-state index in [1.807, 2.05) is 13.8 Å². The van der Waals surface area contributed by atoms with Crippen LogP contribution in [-0.2, 0) is 4.79 Å². The first-order valence-electron chi connectivity index (χ1n) is 6.71. The molecule has 0 saturated heterocycles. The Kier molecular flexibility index (Phi) is 7.39. The zero-order valence-corrected chi connectivity index (χ0v) is 12.0. The fourth-order valence-corrected chi connectivity index (χ4v) is 1.72. The van der Waals surface area contributed by atoms with Crippen LogP contribution in [0.5, 0.6) is 0 Å². The standard InChI is InChI=1S/C13H27N3O2/c1-5-7-8-9-10(3)15-12(17)13(4,6-2)11(14)16-18/h10,18H,5-9H2,1-4H3,(H2,14,16)(H,15,17). The van der Waals surface area contributed by atoms with Gasteiger partial charge in [0.2, 0.25) is 5.91 Å². The van der Waals surface area contributed by atoms with Gasteiger partial charge in [-0.15, -0.1) is 0 Å². The van der Waals surface area contributed by atoms with E-state index in [2.05, 4.69) is 17.4 Å². The lowest BCUT2D eigenvalue weighted by Crippen LogP contribution is -2.49. The zero-order valence-electron chi connectivity index (χ0n) is 12.0. The molecule has 18 heavy (non-hydrogen) atoms. The first kappa shape index (κ1) is 16.7. The number of unbranched alkanes of at least 4 members (excludes halogenated alkanes) is 2. The second-order valence-corrected chi connectivity index (χ2v) is 5.04. The van der Waals surface area contributed by atoms with Crippen molar-refractivity contribution in [2.45, 2.75) is 65.8 Å². The first-order chi connectivity index (χ1) is 8.42. The van der Waals surface area contributed by atoms with Gasteiger partial charge in [-0.05, 0) is 26.7 Å². The van der Waals surface area contributed by atoms with E-state index >= 15 is 0 Å². The predicted molar refractivity (Wildman–Crippen MR) is 73.6 cm³/mol. The maximum Gasteiger partial charge on any atom is 0.233 e. The Morgan fingerprint density at radius 2 is 2.06 bits per heavy atom. The fraction of sp³-hybridized carbons (Fsp3) is 0.846. The average Bonchev–Trinajstić information content (AvgIpc) is 2.36. The molecular weight excluding hydrogens is 230 g/mol. The Bertz CT molecular complexity index is 292. The number of hydrogen-bond acceptors (Lipinski definition) is 3. The molecule has 0 saturated carbocycles. The lowest BCUT2D eigenvalue weighted by atomic mass is 9.85. The molecule has 0 heterocycles. The summed E-state index contributed by atoms with van der Waals surface area (Å²) >= 11 is 0. The van der Waals surface area contributed by atoms with Crippen molar-refractivity contribution in [1.29, 1.82) is 0 Å². The summed E-state index contributed by atoms with van der Waals surface area (Å²) in [6.45, 7) is 7.67. The van der Waals surface area contributed by atoms with Crippen LogP contribution in [-0.4, -0.2) is 23.0 Å². The minimum Gasteiger partial charge on any atom is -0.409 e. The van der Waals surface area contributed by atoms with Crippen LogP contribution in [0.4, 0.5) is 0 Å². The van der Waals surface area contributed by atoms with Crippen molar-refractivity contribution in [2.24, 2.45) is 16.3 Å². The minimum absolute atomic E-state index is 0.0386. The van der Waals surface area contributed by atoms with Gasteiger partial charge in [0.1, 0.15) is 5.41 Å². The summed E-state index contributed by atoms with van der Waals surface area (Å²) in [5.74, 6) is -0.215.